The molecule has 0 fully saturated rings. The van der Waals surface area contributed by atoms with Gasteiger partial charge in [-0.3, -0.25) is 9.59 Å². The number of hydrogen-bond acceptors (Lipinski definition) is 3. The maximum Gasteiger partial charge on any atom is 0.255 e. The molecule has 5 nitrogen and oxygen atoms in total. The van der Waals surface area contributed by atoms with Gasteiger partial charge in [-0.05, 0) is 73.2 Å². The van der Waals surface area contributed by atoms with Crippen molar-refractivity contribution in [2.45, 2.75) is 6.92 Å². The second kappa shape index (κ2) is 8.59. The van der Waals surface area contributed by atoms with E-state index in [2.05, 4.69) is 10.6 Å². The highest BCUT2D eigenvalue weighted by Gasteiger charge is 2.11. The quantitative estimate of drug-likeness (QED) is 0.628. The lowest BCUT2D eigenvalue weighted by Crippen LogP contribution is -2.14. The Labute approximate surface area is 168 Å². The summed E-state index contributed by atoms with van der Waals surface area (Å²) in [5, 5.41) is 6.18. The van der Waals surface area contributed by atoms with E-state index in [4.69, 9.17) is 16.3 Å². The van der Waals surface area contributed by atoms with Crippen molar-refractivity contribution >= 4 is 34.8 Å². The second-order valence-corrected chi connectivity index (χ2v) is 6.61. The molecule has 0 aliphatic heterocycles. The van der Waals surface area contributed by atoms with Crippen LogP contribution in [0, 0.1) is 6.92 Å². The monoisotopic (exact) mass is 394 g/mol. The number of rotatable bonds is 5. The van der Waals surface area contributed by atoms with Crippen LogP contribution in [0.5, 0.6) is 5.75 Å². The van der Waals surface area contributed by atoms with Crippen LogP contribution in [-0.4, -0.2) is 18.9 Å². The smallest absolute Gasteiger partial charge is 0.255 e. The number of halogens is 1. The Balaban J connectivity index is 1.67. The zero-order valence-corrected chi connectivity index (χ0v) is 16.2. The molecule has 0 heterocycles. The molecule has 0 aliphatic carbocycles. The Kier molecular flexibility index (Phi) is 5.96. The molecule has 2 N–H and O–H groups in total. The van der Waals surface area contributed by atoms with Crippen LogP contribution in [0.3, 0.4) is 0 Å². The highest BCUT2D eigenvalue weighted by molar-refractivity contribution is 6.31. The number of nitrogens with one attached hydrogen (secondary N) is 2. The Hall–Kier alpha value is -3.31. The summed E-state index contributed by atoms with van der Waals surface area (Å²) in [5.74, 6) is 0.179. The maximum absolute atomic E-state index is 12.4. The first-order chi connectivity index (χ1) is 13.5. The number of ether oxygens (including phenoxy) is 1. The van der Waals surface area contributed by atoms with Crippen LogP contribution in [0.1, 0.15) is 26.3 Å². The third-order valence-electron chi connectivity index (χ3n) is 4.20. The topological polar surface area (TPSA) is 67.4 Å². The second-order valence-electron chi connectivity index (χ2n) is 6.17. The lowest BCUT2D eigenvalue weighted by atomic mass is 10.1. The normalized spacial score (nSPS) is 10.2. The number of benzene rings is 3. The fourth-order valence-corrected chi connectivity index (χ4v) is 2.75. The molecule has 2 amide bonds. The Morgan fingerprint density at radius 2 is 1.39 bits per heavy atom. The Morgan fingerprint density at radius 1 is 0.821 bits per heavy atom. The van der Waals surface area contributed by atoms with Crippen LogP contribution in [0.15, 0.2) is 66.7 Å². The van der Waals surface area contributed by atoms with Gasteiger partial charge < -0.3 is 15.4 Å². The molecule has 3 rings (SSSR count). The van der Waals surface area contributed by atoms with Gasteiger partial charge in [-0.1, -0.05) is 17.7 Å². The molecular weight excluding hydrogens is 376 g/mol. The minimum Gasteiger partial charge on any atom is -0.497 e. The van der Waals surface area contributed by atoms with E-state index < -0.39 is 0 Å². The van der Waals surface area contributed by atoms with Crippen molar-refractivity contribution in [2.75, 3.05) is 17.7 Å². The van der Waals surface area contributed by atoms with Gasteiger partial charge in [-0.15, -0.1) is 0 Å². The van der Waals surface area contributed by atoms with Crippen LogP contribution in [0.4, 0.5) is 11.4 Å². The molecule has 3 aromatic rings. The van der Waals surface area contributed by atoms with Crippen molar-refractivity contribution in [3.05, 3.63) is 88.4 Å². The molecule has 0 spiro atoms. The summed E-state index contributed by atoms with van der Waals surface area (Å²) in [6.45, 7) is 1.89. The van der Waals surface area contributed by atoms with Gasteiger partial charge >= 0.3 is 0 Å². The van der Waals surface area contributed by atoms with Crippen molar-refractivity contribution in [3.63, 3.8) is 0 Å². The highest BCUT2D eigenvalue weighted by Crippen LogP contribution is 2.21. The molecule has 3 aromatic carbocycles. The van der Waals surface area contributed by atoms with E-state index in [0.29, 0.717) is 33.3 Å². The molecule has 0 atom stereocenters. The molecule has 0 aromatic heterocycles. The average molecular weight is 395 g/mol. The van der Waals surface area contributed by atoms with E-state index in [-0.39, 0.29) is 11.8 Å². The van der Waals surface area contributed by atoms with Gasteiger partial charge in [0, 0.05) is 27.5 Å². The van der Waals surface area contributed by atoms with Crippen LogP contribution < -0.4 is 15.4 Å². The maximum atomic E-state index is 12.4. The molecule has 0 bridgehead atoms. The van der Waals surface area contributed by atoms with Gasteiger partial charge in [-0.2, -0.15) is 0 Å². The molecule has 0 saturated carbocycles. The number of aryl methyl sites for hydroxylation is 1. The van der Waals surface area contributed by atoms with E-state index in [1.54, 1.807) is 67.8 Å². The lowest BCUT2D eigenvalue weighted by molar-refractivity contribution is 0.101. The summed E-state index contributed by atoms with van der Waals surface area (Å²) >= 11 is 5.98. The highest BCUT2D eigenvalue weighted by atomic mass is 35.5. The number of hydrogen-bond donors (Lipinski definition) is 2. The van der Waals surface area contributed by atoms with E-state index in [9.17, 15) is 9.59 Å². The fraction of sp³-hybridized carbons (Fsp3) is 0.0909. The van der Waals surface area contributed by atoms with Gasteiger partial charge in [0.05, 0.1) is 7.11 Å². The average Bonchev–Trinajstić information content (AvgIpc) is 2.71. The third kappa shape index (κ3) is 4.69. The molecule has 0 aliphatic rings. The predicted octanol–water partition coefficient (Wildman–Crippen LogP) is 5.16. The minimum absolute atomic E-state index is 0.261. The van der Waals surface area contributed by atoms with Gasteiger partial charge in [-0.25, -0.2) is 0 Å². The number of carbonyl (C=O) groups excluding carboxylic acids is 2. The van der Waals surface area contributed by atoms with Gasteiger partial charge in [0.2, 0.25) is 0 Å². The summed E-state index contributed by atoms with van der Waals surface area (Å²) in [5.41, 5.74) is 3.11. The van der Waals surface area contributed by atoms with Gasteiger partial charge in [0.1, 0.15) is 5.75 Å². The van der Waals surface area contributed by atoms with Crippen molar-refractivity contribution in [1.82, 2.24) is 0 Å². The molecule has 6 heteroatoms. The number of anilines is 2. The van der Waals surface area contributed by atoms with Crippen LogP contribution in [0.2, 0.25) is 5.02 Å². The van der Waals surface area contributed by atoms with Crippen LogP contribution in [0.25, 0.3) is 0 Å². The van der Waals surface area contributed by atoms with Gasteiger partial charge in [0.15, 0.2) is 0 Å². The number of amides is 2. The van der Waals surface area contributed by atoms with Gasteiger partial charge in [0.25, 0.3) is 11.8 Å². The molecule has 0 unspecified atom stereocenters. The summed E-state index contributed by atoms with van der Waals surface area (Å²) in [6.07, 6.45) is 0. The Bertz CT molecular complexity index is 999. The van der Waals surface area contributed by atoms with Crippen molar-refractivity contribution in [3.8, 4) is 5.75 Å². The lowest BCUT2D eigenvalue weighted by Gasteiger charge is -2.10. The zero-order valence-electron chi connectivity index (χ0n) is 15.5. The van der Waals surface area contributed by atoms with Crippen molar-refractivity contribution in [1.29, 1.82) is 0 Å². The summed E-state index contributed by atoms with van der Waals surface area (Å²) in [7, 11) is 1.58. The fourth-order valence-electron chi connectivity index (χ4n) is 2.57. The summed E-state index contributed by atoms with van der Waals surface area (Å²) in [6, 6.07) is 18.8. The largest absolute Gasteiger partial charge is 0.497 e. The first kappa shape index (κ1) is 19.5. The molecule has 142 valence electrons. The third-order valence-corrected chi connectivity index (χ3v) is 4.44. The summed E-state index contributed by atoms with van der Waals surface area (Å²) in [4.78, 5) is 24.8. The van der Waals surface area contributed by atoms with E-state index in [1.807, 2.05) is 13.0 Å². The number of methoxy groups -OCH3 is 1. The first-order valence-electron chi connectivity index (χ1n) is 8.59. The molecule has 0 saturated heterocycles. The van der Waals surface area contributed by atoms with E-state index in [1.165, 1.54) is 0 Å². The minimum atomic E-state index is -0.271. The zero-order chi connectivity index (χ0) is 20.1. The van der Waals surface area contributed by atoms with Crippen molar-refractivity contribution in [2.24, 2.45) is 0 Å². The Morgan fingerprint density at radius 3 is 1.96 bits per heavy atom. The SMILES string of the molecule is COc1ccc(NC(=O)c2ccc(C(=O)Nc3cc(Cl)ccc3C)cc2)cc1. The summed E-state index contributed by atoms with van der Waals surface area (Å²) < 4.78 is 5.09. The standard InChI is InChI=1S/C22H19ClN2O3/c1-14-3-8-17(23)13-20(14)25-22(27)16-6-4-15(5-7-16)21(26)24-18-9-11-19(28-2)12-10-18/h3-13H,1-2H3,(H,24,26)(H,25,27). The number of carbonyl (C=O) groups is 2. The molecular formula is C22H19ClN2O3. The van der Waals surface area contributed by atoms with Crippen LogP contribution in [-0.2, 0) is 0 Å². The predicted molar refractivity (Wildman–Crippen MR) is 112 cm³/mol. The molecule has 28 heavy (non-hydrogen) atoms. The van der Waals surface area contributed by atoms with Crippen molar-refractivity contribution < 1.29 is 14.3 Å². The van der Waals surface area contributed by atoms with Crippen LogP contribution >= 0.6 is 11.6 Å². The first-order valence-corrected chi connectivity index (χ1v) is 8.97. The molecule has 0 radical (unpaired) electrons. The van der Waals surface area contributed by atoms with E-state index in [0.717, 1.165) is 5.56 Å². The van der Waals surface area contributed by atoms with E-state index >= 15 is 0 Å².